The molecule has 2 aliphatic heterocycles. The first kappa shape index (κ1) is 22.2. The van der Waals surface area contributed by atoms with Crippen molar-refractivity contribution in [3.63, 3.8) is 0 Å². The standard InChI is InChI=1S/C21H31N3O2.HI/c1-3-22-21(23-11-8-18-9-13-25-14-10-18)24-12-15-26-20(16-24)19-7-5-4-6-17(19)2;/h4-7,9,20H,3,8,10-16H2,1-2H3,(H,22,23);1H. The fourth-order valence-electron chi connectivity index (χ4n) is 3.50. The highest BCUT2D eigenvalue weighted by molar-refractivity contribution is 14.0. The van der Waals surface area contributed by atoms with Crippen molar-refractivity contribution in [1.29, 1.82) is 0 Å². The fraction of sp³-hybridized carbons (Fsp3) is 0.571. The minimum absolute atomic E-state index is 0. The molecule has 1 aromatic carbocycles. The predicted molar refractivity (Wildman–Crippen MR) is 121 cm³/mol. The summed E-state index contributed by atoms with van der Waals surface area (Å²) in [7, 11) is 0. The van der Waals surface area contributed by atoms with E-state index in [2.05, 4.69) is 54.4 Å². The maximum absolute atomic E-state index is 6.06. The molecular weight excluding hydrogens is 453 g/mol. The van der Waals surface area contributed by atoms with Gasteiger partial charge >= 0.3 is 0 Å². The Labute approximate surface area is 180 Å². The lowest BCUT2D eigenvalue weighted by atomic mass is 10.0. The average molecular weight is 485 g/mol. The van der Waals surface area contributed by atoms with Crippen LogP contribution in [0, 0.1) is 6.92 Å². The number of halogens is 1. The minimum atomic E-state index is 0. The number of rotatable bonds is 5. The van der Waals surface area contributed by atoms with Crippen molar-refractivity contribution >= 4 is 29.9 Å². The van der Waals surface area contributed by atoms with Crippen molar-refractivity contribution < 1.29 is 9.47 Å². The molecule has 0 radical (unpaired) electrons. The van der Waals surface area contributed by atoms with Crippen molar-refractivity contribution in [2.45, 2.75) is 32.8 Å². The molecule has 0 amide bonds. The van der Waals surface area contributed by atoms with E-state index in [0.29, 0.717) is 0 Å². The van der Waals surface area contributed by atoms with Crippen LogP contribution in [0.4, 0.5) is 0 Å². The summed E-state index contributed by atoms with van der Waals surface area (Å²) in [4.78, 5) is 7.21. The molecule has 0 bridgehead atoms. The number of benzene rings is 1. The van der Waals surface area contributed by atoms with E-state index >= 15 is 0 Å². The quantitative estimate of drug-likeness (QED) is 0.299. The Morgan fingerprint density at radius 3 is 2.89 bits per heavy atom. The lowest BCUT2D eigenvalue weighted by Gasteiger charge is -2.35. The summed E-state index contributed by atoms with van der Waals surface area (Å²) in [6, 6.07) is 8.49. The fourth-order valence-corrected chi connectivity index (χ4v) is 3.50. The van der Waals surface area contributed by atoms with Crippen LogP contribution in [0.3, 0.4) is 0 Å². The van der Waals surface area contributed by atoms with Gasteiger partial charge in [0.15, 0.2) is 5.96 Å². The average Bonchev–Trinajstić information content (AvgIpc) is 2.69. The molecule has 1 N–H and O–H groups in total. The van der Waals surface area contributed by atoms with E-state index in [9.17, 15) is 0 Å². The summed E-state index contributed by atoms with van der Waals surface area (Å²) in [6.07, 6.45) is 4.37. The number of hydrogen-bond acceptors (Lipinski definition) is 3. The molecule has 150 valence electrons. The molecule has 1 unspecified atom stereocenters. The SMILES string of the molecule is CCNC(=NCCC1=CCOCC1)N1CCOC(c2ccccc2C)C1.I. The molecule has 2 heterocycles. The largest absolute Gasteiger partial charge is 0.377 e. The van der Waals surface area contributed by atoms with Gasteiger partial charge in [-0.25, -0.2) is 0 Å². The number of ether oxygens (including phenoxy) is 2. The lowest BCUT2D eigenvalue weighted by Crippen LogP contribution is -2.48. The minimum Gasteiger partial charge on any atom is -0.377 e. The first-order valence-electron chi connectivity index (χ1n) is 9.74. The van der Waals surface area contributed by atoms with E-state index in [-0.39, 0.29) is 30.1 Å². The Bertz CT molecular complexity index is 648. The molecule has 27 heavy (non-hydrogen) atoms. The van der Waals surface area contributed by atoms with E-state index in [1.807, 2.05) is 0 Å². The second-order valence-electron chi connectivity index (χ2n) is 6.83. The van der Waals surface area contributed by atoms with E-state index in [4.69, 9.17) is 14.5 Å². The Hall–Kier alpha value is -1.12. The maximum Gasteiger partial charge on any atom is 0.194 e. The van der Waals surface area contributed by atoms with Crippen LogP contribution in [-0.2, 0) is 9.47 Å². The van der Waals surface area contributed by atoms with E-state index in [1.165, 1.54) is 16.7 Å². The summed E-state index contributed by atoms with van der Waals surface area (Å²) in [5, 5.41) is 3.45. The highest BCUT2D eigenvalue weighted by Crippen LogP contribution is 2.25. The second-order valence-corrected chi connectivity index (χ2v) is 6.83. The van der Waals surface area contributed by atoms with Gasteiger partial charge in [-0.15, -0.1) is 24.0 Å². The van der Waals surface area contributed by atoms with Crippen molar-refractivity contribution in [1.82, 2.24) is 10.2 Å². The van der Waals surface area contributed by atoms with Crippen LogP contribution in [-0.4, -0.2) is 56.9 Å². The molecule has 0 aromatic heterocycles. The number of nitrogens with one attached hydrogen (secondary N) is 1. The van der Waals surface area contributed by atoms with Gasteiger partial charge in [0.25, 0.3) is 0 Å². The Morgan fingerprint density at radius 1 is 1.30 bits per heavy atom. The normalized spacial score (nSPS) is 20.7. The maximum atomic E-state index is 6.06. The predicted octanol–water partition coefficient (Wildman–Crippen LogP) is 3.69. The summed E-state index contributed by atoms with van der Waals surface area (Å²) in [6.45, 7) is 10.0. The van der Waals surface area contributed by atoms with Crippen LogP contribution in [0.5, 0.6) is 0 Å². The third kappa shape index (κ3) is 6.47. The van der Waals surface area contributed by atoms with Crippen LogP contribution in [0.25, 0.3) is 0 Å². The van der Waals surface area contributed by atoms with Crippen LogP contribution < -0.4 is 5.32 Å². The Kier molecular flexibility index (Phi) is 9.58. The molecule has 1 saturated heterocycles. The van der Waals surface area contributed by atoms with Gasteiger partial charge in [0.1, 0.15) is 6.10 Å². The first-order chi connectivity index (χ1) is 12.8. The number of nitrogens with zero attached hydrogens (tertiary/aromatic N) is 2. The van der Waals surface area contributed by atoms with Gasteiger partial charge < -0.3 is 19.7 Å². The third-order valence-corrected chi connectivity index (χ3v) is 4.99. The van der Waals surface area contributed by atoms with Crippen LogP contribution in [0.2, 0.25) is 0 Å². The molecule has 1 atom stereocenters. The molecule has 0 spiro atoms. The zero-order chi connectivity index (χ0) is 18.2. The molecular formula is C21H32IN3O2. The molecule has 3 rings (SSSR count). The van der Waals surface area contributed by atoms with Gasteiger partial charge in [-0.2, -0.15) is 0 Å². The molecule has 6 heteroatoms. The Morgan fingerprint density at radius 2 is 2.15 bits per heavy atom. The van der Waals surface area contributed by atoms with Gasteiger partial charge in [0.2, 0.25) is 0 Å². The lowest BCUT2D eigenvalue weighted by molar-refractivity contribution is -0.00832. The second kappa shape index (κ2) is 11.7. The summed E-state index contributed by atoms with van der Waals surface area (Å²) in [5.41, 5.74) is 4.03. The van der Waals surface area contributed by atoms with Crippen LogP contribution in [0.15, 0.2) is 40.9 Å². The smallest absolute Gasteiger partial charge is 0.194 e. The molecule has 1 fully saturated rings. The van der Waals surface area contributed by atoms with Crippen molar-refractivity contribution in [3.8, 4) is 0 Å². The highest BCUT2D eigenvalue weighted by Gasteiger charge is 2.25. The molecule has 5 nitrogen and oxygen atoms in total. The summed E-state index contributed by atoms with van der Waals surface area (Å²) < 4.78 is 11.4. The van der Waals surface area contributed by atoms with Gasteiger partial charge in [0, 0.05) is 19.6 Å². The van der Waals surface area contributed by atoms with Crippen LogP contribution in [0.1, 0.15) is 37.0 Å². The summed E-state index contributed by atoms with van der Waals surface area (Å²) in [5.74, 6) is 1.00. The van der Waals surface area contributed by atoms with E-state index in [1.54, 1.807) is 0 Å². The first-order valence-corrected chi connectivity index (χ1v) is 9.74. The third-order valence-electron chi connectivity index (χ3n) is 4.99. The van der Waals surface area contributed by atoms with Gasteiger partial charge in [0.05, 0.1) is 26.4 Å². The number of aliphatic imine (C=N–C) groups is 1. The van der Waals surface area contributed by atoms with Crippen molar-refractivity contribution in [2.75, 3.05) is 46.0 Å². The zero-order valence-electron chi connectivity index (χ0n) is 16.4. The van der Waals surface area contributed by atoms with Gasteiger partial charge in [-0.05, 0) is 37.8 Å². The highest BCUT2D eigenvalue weighted by atomic mass is 127. The molecule has 2 aliphatic rings. The van der Waals surface area contributed by atoms with Crippen LogP contribution >= 0.6 is 24.0 Å². The number of morpholine rings is 1. The van der Waals surface area contributed by atoms with E-state index < -0.39 is 0 Å². The monoisotopic (exact) mass is 485 g/mol. The van der Waals surface area contributed by atoms with E-state index in [0.717, 1.165) is 64.8 Å². The van der Waals surface area contributed by atoms with Crippen molar-refractivity contribution in [2.24, 2.45) is 4.99 Å². The Balaban J connectivity index is 0.00000261. The molecule has 0 aliphatic carbocycles. The molecule has 1 aromatic rings. The topological polar surface area (TPSA) is 46.1 Å². The zero-order valence-corrected chi connectivity index (χ0v) is 18.8. The summed E-state index contributed by atoms with van der Waals surface area (Å²) >= 11 is 0. The number of hydrogen-bond donors (Lipinski definition) is 1. The van der Waals surface area contributed by atoms with Gasteiger partial charge in [-0.1, -0.05) is 35.9 Å². The van der Waals surface area contributed by atoms with Crippen molar-refractivity contribution in [3.05, 3.63) is 47.0 Å². The number of guanidine groups is 1. The van der Waals surface area contributed by atoms with Gasteiger partial charge in [-0.3, -0.25) is 4.99 Å². The number of aryl methyl sites for hydroxylation is 1. The molecule has 0 saturated carbocycles.